The number of aromatic nitrogens is 4. The van der Waals surface area contributed by atoms with Gasteiger partial charge in [-0.1, -0.05) is 39.1 Å². The van der Waals surface area contributed by atoms with Crippen LogP contribution in [0.15, 0.2) is 56.7 Å². The van der Waals surface area contributed by atoms with Crippen LogP contribution in [0.2, 0.25) is 10.0 Å². The van der Waals surface area contributed by atoms with Crippen molar-refractivity contribution in [1.82, 2.24) is 19.7 Å². The van der Waals surface area contributed by atoms with Gasteiger partial charge >= 0.3 is 5.69 Å². The Hall–Kier alpha value is -2.88. The maximum absolute atomic E-state index is 12.0. The number of nitrogens with one attached hydrogen (secondary N) is 1. The van der Waals surface area contributed by atoms with E-state index in [4.69, 9.17) is 33.7 Å². The van der Waals surface area contributed by atoms with Gasteiger partial charge in [0, 0.05) is 16.1 Å². The number of fused-ring (bicyclic) bond motifs is 1. The van der Waals surface area contributed by atoms with E-state index in [1.807, 2.05) is 6.07 Å². The number of nitrogen functional groups attached to an aromatic ring is 1. The fraction of sp³-hybridized carbons (Fsp3) is 0. The second-order valence-electron chi connectivity index (χ2n) is 5.87. The molecule has 4 aromatic rings. The van der Waals surface area contributed by atoms with Gasteiger partial charge in [-0.3, -0.25) is 14.8 Å². The molecule has 0 unspecified atom stereocenters. The van der Waals surface area contributed by atoms with E-state index in [0.717, 1.165) is 20.1 Å². The highest BCUT2D eigenvalue weighted by atomic mass is 79.9. The van der Waals surface area contributed by atoms with Crippen LogP contribution in [0.5, 0.6) is 11.5 Å². The van der Waals surface area contributed by atoms with Gasteiger partial charge in [0.15, 0.2) is 5.75 Å². The summed E-state index contributed by atoms with van der Waals surface area (Å²) in [5.74, 6) is 0.320. The van der Waals surface area contributed by atoms with Crippen molar-refractivity contribution in [2.45, 2.75) is 0 Å². The van der Waals surface area contributed by atoms with Gasteiger partial charge in [0.1, 0.15) is 5.75 Å². The van der Waals surface area contributed by atoms with Gasteiger partial charge in [0.25, 0.3) is 5.56 Å². The molecule has 0 aliphatic carbocycles. The van der Waals surface area contributed by atoms with Crippen LogP contribution in [0.1, 0.15) is 0 Å². The first-order valence-electron chi connectivity index (χ1n) is 8.04. The number of aromatic amines is 1. The summed E-state index contributed by atoms with van der Waals surface area (Å²) in [5, 5.41) is 4.88. The van der Waals surface area contributed by atoms with E-state index in [-0.39, 0.29) is 27.3 Å². The normalized spacial score (nSPS) is 11.0. The monoisotopic (exact) mass is 493 g/mol. The SMILES string of the molecule is Nc1nn(-c2cc(Cl)c(Oc3ccc4nccc(Br)c4c3)c(Cl)c2)c(=O)[nH]c1=O. The van der Waals surface area contributed by atoms with Crippen LogP contribution in [0.3, 0.4) is 0 Å². The lowest BCUT2D eigenvalue weighted by atomic mass is 10.2. The molecular weight excluding hydrogens is 485 g/mol. The highest BCUT2D eigenvalue weighted by Gasteiger charge is 2.15. The zero-order valence-electron chi connectivity index (χ0n) is 14.3. The molecule has 0 amide bonds. The highest BCUT2D eigenvalue weighted by Crippen LogP contribution is 2.39. The summed E-state index contributed by atoms with van der Waals surface area (Å²) in [4.78, 5) is 29.7. The third-order valence-corrected chi connectivity index (χ3v) is 5.21. The molecule has 0 bridgehead atoms. The average molecular weight is 495 g/mol. The summed E-state index contributed by atoms with van der Waals surface area (Å²) in [6.07, 6.45) is 1.69. The van der Waals surface area contributed by atoms with Crippen molar-refractivity contribution in [1.29, 1.82) is 0 Å². The second kappa shape index (κ2) is 7.51. The second-order valence-corrected chi connectivity index (χ2v) is 7.54. The van der Waals surface area contributed by atoms with Gasteiger partial charge in [-0.05, 0) is 36.4 Å². The van der Waals surface area contributed by atoms with Crippen LogP contribution in [0, 0.1) is 0 Å². The molecule has 4 rings (SSSR count). The zero-order chi connectivity index (χ0) is 20.7. The van der Waals surface area contributed by atoms with Crippen LogP contribution in [0.4, 0.5) is 5.82 Å². The minimum Gasteiger partial charge on any atom is -0.454 e. The van der Waals surface area contributed by atoms with Crippen LogP contribution < -0.4 is 21.7 Å². The molecule has 11 heteroatoms. The number of ether oxygens (including phenoxy) is 1. The molecule has 0 aliphatic rings. The van der Waals surface area contributed by atoms with E-state index >= 15 is 0 Å². The Balaban J connectivity index is 1.75. The minimum absolute atomic E-state index is 0.135. The maximum atomic E-state index is 12.0. The van der Waals surface area contributed by atoms with E-state index in [1.54, 1.807) is 24.4 Å². The van der Waals surface area contributed by atoms with E-state index in [2.05, 4.69) is 31.0 Å². The average Bonchev–Trinajstić information content (AvgIpc) is 2.68. The summed E-state index contributed by atoms with van der Waals surface area (Å²) in [7, 11) is 0. The largest absolute Gasteiger partial charge is 0.454 e. The predicted octanol–water partition coefficient (Wildman–Crippen LogP) is 3.91. The molecule has 2 aromatic carbocycles. The fourth-order valence-electron chi connectivity index (χ4n) is 2.63. The molecular formula is C18H10BrCl2N5O3. The number of halogens is 3. The molecule has 2 heterocycles. The molecule has 0 atom stereocenters. The number of rotatable bonds is 3. The lowest BCUT2D eigenvalue weighted by Crippen LogP contribution is -2.33. The predicted molar refractivity (Wildman–Crippen MR) is 114 cm³/mol. The molecule has 0 fully saturated rings. The lowest BCUT2D eigenvalue weighted by molar-refractivity contribution is 0.483. The summed E-state index contributed by atoms with van der Waals surface area (Å²) in [6, 6.07) is 10.00. The standard InChI is InChI=1S/C18H10BrCl2N5O3/c19-11-3-4-23-14-2-1-9(7-10(11)14)29-15-12(20)5-8(6-13(15)21)26-18(28)24-17(27)16(22)25-26/h1-7H,(H2,22,25)(H,24,27,28). The molecule has 0 radical (unpaired) electrons. The Bertz CT molecular complexity index is 1360. The fourth-order valence-corrected chi connectivity index (χ4v) is 3.62. The number of pyridine rings is 1. The van der Waals surface area contributed by atoms with Gasteiger partial charge < -0.3 is 10.5 Å². The first-order chi connectivity index (χ1) is 13.8. The van der Waals surface area contributed by atoms with E-state index in [0.29, 0.717) is 5.75 Å². The van der Waals surface area contributed by atoms with Crippen molar-refractivity contribution >= 4 is 55.9 Å². The Morgan fingerprint density at radius 2 is 1.83 bits per heavy atom. The van der Waals surface area contributed by atoms with Crippen LogP contribution in [0.25, 0.3) is 16.6 Å². The van der Waals surface area contributed by atoms with Crippen molar-refractivity contribution in [2.24, 2.45) is 0 Å². The number of nitrogens with two attached hydrogens (primary N) is 1. The molecule has 29 heavy (non-hydrogen) atoms. The van der Waals surface area contributed by atoms with Gasteiger partial charge in [-0.2, -0.15) is 4.68 Å². The number of H-pyrrole nitrogens is 1. The summed E-state index contributed by atoms with van der Waals surface area (Å²) >= 11 is 16.1. The zero-order valence-corrected chi connectivity index (χ0v) is 17.4. The smallest absolute Gasteiger partial charge is 0.349 e. The van der Waals surface area contributed by atoms with E-state index in [1.165, 1.54) is 12.1 Å². The van der Waals surface area contributed by atoms with Crippen LogP contribution in [-0.4, -0.2) is 19.7 Å². The molecule has 0 aliphatic heterocycles. The van der Waals surface area contributed by atoms with Gasteiger partial charge in [0.05, 0.1) is 21.2 Å². The van der Waals surface area contributed by atoms with Crippen molar-refractivity contribution in [3.05, 3.63) is 78.0 Å². The number of hydrogen-bond donors (Lipinski definition) is 2. The number of hydrogen-bond acceptors (Lipinski definition) is 6. The molecule has 3 N–H and O–H groups in total. The summed E-state index contributed by atoms with van der Waals surface area (Å²) < 4.78 is 7.61. The van der Waals surface area contributed by atoms with Gasteiger partial charge in [-0.15, -0.1) is 5.10 Å². The molecule has 2 aromatic heterocycles. The number of anilines is 1. The first-order valence-corrected chi connectivity index (χ1v) is 9.59. The minimum atomic E-state index is -0.781. The topological polar surface area (TPSA) is 116 Å². The molecule has 0 spiro atoms. The van der Waals surface area contributed by atoms with E-state index < -0.39 is 11.2 Å². The first kappa shape index (κ1) is 19.4. The van der Waals surface area contributed by atoms with Crippen LogP contribution in [-0.2, 0) is 0 Å². The third-order valence-electron chi connectivity index (χ3n) is 3.96. The Morgan fingerprint density at radius 3 is 2.55 bits per heavy atom. The lowest BCUT2D eigenvalue weighted by Gasteiger charge is -2.13. The summed E-state index contributed by atoms with van der Waals surface area (Å²) in [5.41, 5.74) is 4.93. The van der Waals surface area contributed by atoms with Crippen molar-refractivity contribution in [3.63, 3.8) is 0 Å². The van der Waals surface area contributed by atoms with Crippen molar-refractivity contribution in [3.8, 4) is 17.2 Å². The maximum Gasteiger partial charge on any atom is 0.349 e. The van der Waals surface area contributed by atoms with Crippen molar-refractivity contribution < 1.29 is 4.74 Å². The molecule has 8 nitrogen and oxygen atoms in total. The summed E-state index contributed by atoms with van der Waals surface area (Å²) in [6.45, 7) is 0. The Kier molecular flexibility index (Phi) is 5.03. The number of benzene rings is 2. The molecule has 0 saturated carbocycles. The van der Waals surface area contributed by atoms with Crippen LogP contribution >= 0.6 is 39.1 Å². The molecule has 146 valence electrons. The van der Waals surface area contributed by atoms with E-state index in [9.17, 15) is 9.59 Å². The third kappa shape index (κ3) is 3.71. The number of nitrogens with zero attached hydrogens (tertiary/aromatic N) is 3. The quantitative estimate of drug-likeness (QED) is 0.446. The Labute approximate surface area is 181 Å². The van der Waals surface area contributed by atoms with Gasteiger partial charge in [0.2, 0.25) is 5.82 Å². The highest BCUT2D eigenvalue weighted by molar-refractivity contribution is 9.10. The van der Waals surface area contributed by atoms with Gasteiger partial charge in [-0.25, -0.2) is 4.79 Å². The van der Waals surface area contributed by atoms with Crippen molar-refractivity contribution in [2.75, 3.05) is 5.73 Å². The Morgan fingerprint density at radius 1 is 1.10 bits per heavy atom. The molecule has 0 saturated heterocycles.